The fraction of sp³-hybridized carbons (Fsp3) is 0.933. The van der Waals surface area contributed by atoms with E-state index >= 15 is 0 Å². The van der Waals surface area contributed by atoms with Gasteiger partial charge in [0.2, 0.25) is 4.38 Å². The molecule has 0 saturated carbocycles. The molecule has 0 aromatic heterocycles. The average Bonchev–Trinajstić information content (AvgIpc) is 2.54. The Labute approximate surface area is 149 Å². The minimum absolute atomic E-state index is 0.188. The lowest BCUT2D eigenvalue weighted by Gasteiger charge is -2.17. The third-order valence-corrected chi connectivity index (χ3v) is 3.83. The van der Waals surface area contributed by atoms with Crippen LogP contribution in [0, 0.1) is 5.92 Å². The lowest BCUT2D eigenvalue weighted by Crippen LogP contribution is -2.24. The zero-order valence-corrected chi connectivity index (χ0v) is 16.0. The van der Waals surface area contributed by atoms with Gasteiger partial charge in [0.25, 0.3) is 0 Å². The van der Waals surface area contributed by atoms with E-state index in [1.807, 2.05) is 6.92 Å². The number of hydrogen-bond acceptors (Lipinski definition) is 8. The molecule has 0 aromatic rings. The molecule has 0 heterocycles. The average molecular weight is 371 g/mol. The van der Waals surface area contributed by atoms with Crippen LogP contribution in [0.5, 0.6) is 0 Å². The Balaban J connectivity index is 3.78. The molecular weight excluding hydrogens is 340 g/mol. The maximum absolute atomic E-state index is 5.68. The first-order valence-corrected chi connectivity index (χ1v) is 9.14. The third-order valence-electron chi connectivity index (χ3n) is 2.63. The molecule has 0 spiro atoms. The van der Waals surface area contributed by atoms with Gasteiger partial charge < -0.3 is 28.4 Å². The van der Waals surface area contributed by atoms with Crippen molar-refractivity contribution in [1.29, 1.82) is 0 Å². The van der Waals surface area contributed by atoms with Gasteiger partial charge >= 0.3 is 0 Å². The second kappa shape index (κ2) is 18.4. The molecule has 23 heavy (non-hydrogen) atoms. The maximum Gasteiger partial charge on any atom is 0.220 e. The molecule has 0 radical (unpaired) electrons. The Morgan fingerprint density at radius 1 is 0.870 bits per heavy atom. The first-order chi connectivity index (χ1) is 11.2. The van der Waals surface area contributed by atoms with Gasteiger partial charge in [-0.1, -0.05) is 11.8 Å². The predicted octanol–water partition coefficient (Wildman–Crippen LogP) is 2.00. The molecule has 8 heteroatoms. The molecule has 6 nitrogen and oxygen atoms in total. The number of methoxy groups -OCH3 is 2. The Hall–Kier alpha value is 0.0400. The fourth-order valence-electron chi connectivity index (χ4n) is 1.52. The lowest BCUT2D eigenvalue weighted by atomic mass is 10.2. The Kier molecular flexibility index (Phi) is 18.4. The summed E-state index contributed by atoms with van der Waals surface area (Å²) in [6.07, 6.45) is 0. The first-order valence-electron chi connectivity index (χ1n) is 7.75. The van der Waals surface area contributed by atoms with Gasteiger partial charge in [-0.15, -0.1) is 0 Å². The molecule has 0 aliphatic carbocycles. The number of thioether (sulfide) groups is 1. The Morgan fingerprint density at radius 3 is 1.87 bits per heavy atom. The second-order valence-corrected chi connectivity index (χ2v) is 6.30. The number of rotatable bonds is 16. The van der Waals surface area contributed by atoms with E-state index in [0.29, 0.717) is 63.8 Å². The van der Waals surface area contributed by atoms with E-state index in [1.54, 1.807) is 14.2 Å². The molecule has 0 unspecified atom stereocenters. The first kappa shape index (κ1) is 23.0. The molecule has 0 aliphatic heterocycles. The van der Waals surface area contributed by atoms with Crippen molar-refractivity contribution >= 4 is 28.4 Å². The summed E-state index contributed by atoms with van der Waals surface area (Å²) < 4.78 is 32.5. The summed E-state index contributed by atoms with van der Waals surface area (Å²) in [5.74, 6) is 0.966. The molecule has 0 fully saturated rings. The second-order valence-electron chi connectivity index (χ2n) is 4.61. The Bertz CT molecular complexity index is 256. The van der Waals surface area contributed by atoms with Crippen LogP contribution in [0.2, 0.25) is 0 Å². The topological polar surface area (TPSA) is 55.4 Å². The minimum atomic E-state index is 0.188. The van der Waals surface area contributed by atoms with Gasteiger partial charge in [0.1, 0.15) is 0 Å². The van der Waals surface area contributed by atoms with Gasteiger partial charge in [-0.2, -0.15) is 0 Å². The van der Waals surface area contributed by atoms with E-state index in [0.717, 1.165) is 5.75 Å². The fourth-order valence-corrected chi connectivity index (χ4v) is 2.46. The summed E-state index contributed by atoms with van der Waals surface area (Å²) in [5.41, 5.74) is 0. The van der Waals surface area contributed by atoms with Crippen LogP contribution in [-0.4, -0.2) is 83.8 Å². The zero-order chi connectivity index (χ0) is 17.2. The highest BCUT2D eigenvalue weighted by Gasteiger charge is 2.10. The largest absolute Gasteiger partial charge is 0.479 e. The summed E-state index contributed by atoms with van der Waals surface area (Å²) in [7, 11) is 3.31. The lowest BCUT2D eigenvalue weighted by molar-refractivity contribution is -0.0210. The van der Waals surface area contributed by atoms with Crippen LogP contribution in [0.3, 0.4) is 0 Å². The summed E-state index contributed by atoms with van der Waals surface area (Å²) in [4.78, 5) is 0. The highest BCUT2D eigenvalue weighted by molar-refractivity contribution is 8.22. The van der Waals surface area contributed by atoms with E-state index in [4.69, 9.17) is 40.6 Å². The van der Waals surface area contributed by atoms with Gasteiger partial charge in [0.15, 0.2) is 0 Å². The van der Waals surface area contributed by atoms with E-state index < -0.39 is 0 Å². The molecule has 0 bridgehead atoms. The van der Waals surface area contributed by atoms with Crippen molar-refractivity contribution in [3.63, 3.8) is 0 Å². The highest BCUT2D eigenvalue weighted by atomic mass is 32.2. The monoisotopic (exact) mass is 370 g/mol. The van der Waals surface area contributed by atoms with Crippen molar-refractivity contribution < 1.29 is 28.4 Å². The van der Waals surface area contributed by atoms with Crippen LogP contribution in [0.15, 0.2) is 0 Å². The number of ether oxygens (including phenoxy) is 6. The minimum Gasteiger partial charge on any atom is -0.479 e. The van der Waals surface area contributed by atoms with E-state index in [1.165, 1.54) is 11.8 Å². The van der Waals surface area contributed by atoms with Crippen LogP contribution >= 0.6 is 24.0 Å². The van der Waals surface area contributed by atoms with E-state index in [2.05, 4.69) is 0 Å². The van der Waals surface area contributed by atoms with Crippen LogP contribution in [0.4, 0.5) is 0 Å². The number of thiocarbonyl (C=S) groups is 1. The summed E-state index contributed by atoms with van der Waals surface area (Å²) in [6, 6.07) is 0. The maximum atomic E-state index is 5.68. The van der Waals surface area contributed by atoms with Gasteiger partial charge in [0.05, 0.1) is 59.5 Å². The summed E-state index contributed by atoms with van der Waals surface area (Å²) in [6.45, 7) is 7.21. The normalized spacial score (nSPS) is 11.1. The van der Waals surface area contributed by atoms with E-state index in [-0.39, 0.29) is 5.92 Å². The molecular formula is C15H30O6S2. The molecule has 0 aliphatic rings. The molecule has 0 N–H and O–H groups in total. The summed E-state index contributed by atoms with van der Waals surface area (Å²) >= 11 is 6.53. The highest BCUT2D eigenvalue weighted by Crippen LogP contribution is 2.07. The molecule has 0 saturated heterocycles. The molecule has 0 amide bonds. The van der Waals surface area contributed by atoms with Crippen LogP contribution in [0.25, 0.3) is 0 Å². The molecule has 0 aromatic carbocycles. The van der Waals surface area contributed by atoms with Gasteiger partial charge in [-0.3, -0.25) is 0 Å². The van der Waals surface area contributed by atoms with Crippen molar-refractivity contribution in [2.24, 2.45) is 5.92 Å². The van der Waals surface area contributed by atoms with E-state index in [9.17, 15) is 0 Å². The molecule has 138 valence electrons. The van der Waals surface area contributed by atoms with Gasteiger partial charge in [-0.25, -0.2) is 0 Å². The molecule has 0 atom stereocenters. The Morgan fingerprint density at radius 2 is 1.39 bits per heavy atom. The molecule has 0 rings (SSSR count). The van der Waals surface area contributed by atoms with Gasteiger partial charge in [-0.05, 0) is 19.1 Å². The smallest absolute Gasteiger partial charge is 0.220 e. The number of hydrogen-bond donors (Lipinski definition) is 0. The van der Waals surface area contributed by atoms with Crippen molar-refractivity contribution in [3.8, 4) is 0 Å². The standard InChI is InChI=1S/C15H30O6S2/c1-4-21-15(22)23-10-9-20-13-14(11-18-7-5-16-2)12-19-8-6-17-3/h14H,4-13H2,1-3H3. The van der Waals surface area contributed by atoms with Crippen molar-refractivity contribution in [2.75, 3.05) is 79.4 Å². The third kappa shape index (κ3) is 16.7. The van der Waals surface area contributed by atoms with Gasteiger partial charge in [0, 0.05) is 25.9 Å². The quantitative estimate of drug-likeness (QED) is 0.302. The van der Waals surface area contributed by atoms with Crippen molar-refractivity contribution in [2.45, 2.75) is 6.92 Å². The van der Waals surface area contributed by atoms with Crippen LogP contribution in [0.1, 0.15) is 6.92 Å². The van der Waals surface area contributed by atoms with Crippen LogP contribution in [-0.2, 0) is 28.4 Å². The SMILES string of the molecule is CCOC(=S)SCCOCC(COCCOC)COCCOC. The van der Waals surface area contributed by atoms with Crippen molar-refractivity contribution in [1.82, 2.24) is 0 Å². The zero-order valence-electron chi connectivity index (χ0n) is 14.4. The predicted molar refractivity (Wildman–Crippen MR) is 96.4 cm³/mol. The van der Waals surface area contributed by atoms with Crippen molar-refractivity contribution in [3.05, 3.63) is 0 Å². The van der Waals surface area contributed by atoms with Crippen LogP contribution < -0.4 is 0 Å². The summed E-state index contributed by atoms with van der Waals surface area (Å²) in [5, 5.41) is 0.